The second-order valence-corrected chi connectivity index (χ2v) is 3.94. The van der Waals surface area contributed by atoms with Gasteiger partial charge in [0.05, 0.1) is 6.07 Å². The first kappa shape index (κ1) is 9.79. The topological polar surface area (TPSA) is 28.7 Å². The summed E-state index contributed by atoms with van der Waals surface area (Å²) in [5.74, 6) is 0. The molecule has 0 radical (unpaired) electrons. The normalized spacial score (nSPS) is 10.5. The minimum atomic E-state index is 0.590. The van der Waals surface area contributed by atoms with Crippen LogP contribution >= 0.6 is 0 Å². The van der Waals surface area contributed by atoms with Gasteiger partial charge in [-0.15, -0.1) is 0 Å². The van der Waals surface area contributed by atoms with E-state index in [0.717, 1.165) is 6.42 Å². The van der Waals surface area contributed by atoms with Crippen molar-refractivity contribution in [2.45, 2.75) is 19.8 Å². The molecular weight excluding hydrogens is 184 g/mol. The maximum absolute atomic E-state index is 8.59. The smallest absolute Gasteiger partial charge is 0.0625 e. The quantitative estimate of drug-likeness (QED) is 0.729. The van der Waals surface area contributed by atoms with Gasteiger partial charge in [-0.05, 0) is 30.5 Å². The van der Waals surface area contributed by atoms with Gasteiger partial charge in [0.2, 0.25) is 0 Å². The monoisotopic (exact) mass is 198 g/mol. The number of hydrogen-bond donors (Lipinski definition) is 0. The van der Waals surface area contributed by atoms with E-state index in [2.05, 4.69) is 49.0 Å². The second kappa shape index (κ2) is 3.78. The first-order valence-corrected chi connectivity index (χ1v) is 5.14. The Kier molecular flexibility index (Phi) is 2.47. The molecule has 2 heteroatoms. The van der Waals surface area contributed by atoms with Crippen molar-refractivity contribution in [2.24, 2.45) is 7.05 Å². The van der Waals surface area contributed by atoms with Crippen molar-refractivity contribution in [2.75, 3.05) is 0 Å². The van der Waals surface area contributed by atoms with E-state index in [1.54, 1.807) is 0 Å². The molecule has 2 rings (SSSR count). The lowest BCUT2D eigenvalue weighted by molar-refractivity contribution is 0.940. The van der Waals surface area contributed by atoms with Crippen molar-refractivity contribution >= 4 is 10.9 Å². The zero-order valence-corrected chi connectivity index (χ0v) is 9.12. The number of rotatable bonds is 2. The van der Waals surface area contributed by atoms with Gasteiger partial charge in [-0.25, -0.2) is 0 Å². The maximum Gasteiger partial charge on any atom is 0.0625 e. The lowest BCUT2D eigenvalue weighted by atomic mass is 10.1. The van der Waals surface area contributed by atoms with E-state index in [0.29, 0.717) is 6.42 Å². The number of fused-ring (bicyclic) bond motifs is 1. The molecule has 1 aromatic heterocycles. The Bertz CT molecular complexity index is 529. The highest BCUT2D eigenvalue weighted by molar-refractivity contribution is 5.84. The van der Waals surface area contributed by atoms with Crippen LogP contribution in [0.5, 0.6) is 0 Å². The first-order chi connectivity index (χ1) is 7.22. The van der Waals surface area contributed by atoms with E-state index in [-0.39, 0.29) is 0 Å². The van der Waals surface area contributed by atoms with Crippen molar-refractivity contribution in [3.8, 4) is 6.07 Å². The molecule has 0 bridgehead atoms. The standard InChI is InChI=1S/C13H14N2/c1-10-5-6-12-11(4-3-7-14)9-15(2)13(12)8-10/h5-6,8-9H,3-4H2,1-2H3. The summed E-state index contributed by atoms with van der Waals surface area (Å²) in [6, 6.07) is 8.65. The molecule has 1 heterocycles. The van der Waals surface area contributed by atoms with Gasteiger partial charge >= 0.3 is 0 Å². The Morgan fingerprint density at radius 2 is 2.20 bits per heavy atom. The van der Waals surface area contributed by atoms with Crippen LogP contribution in [0.4, 0.5) is 0 Å². The molecule has 0 unspecified atom stereocenters. The van der Waals surface area contributed by atoms with E-state index < -0.39 is 0 Å². The van der Waals surface area contributed by atoms with Crippen LogP contribution < -0.4 is 0 Å². The van der Waals surface area contributed by atoms with Crippen molar-refractivity contribution in [3.05, 3.63) is 35.5 Å². The van der Waals surface area contributed by atoms with Crippen LogP contribution in [0.3, 0.4) is 0 Å². The van der Waals surface area contributed by atoms with Crippen LogP contribution in [0.15, 0.2) is 24.4 Å². The Morgan fingerprint density at radius 3 is 2.93 bits per heavy atom. The predicted octanol–water partition coefficient (Wildman–Crippen LogP) is 2.94. The highest BCUT2D eigenvalue weighted by Gasteiger charge is 2.05. The summed E-state index contributed by atoms with van der Waals surface area (Å²) in [6.07, 6.45) is 3.56. The number of nitriles is 1. The van der Waals surface area contributed by atoms with Gasteiger partial charge in [0.1, 0.15) is 0 Å². The molecule has 0 amide bonds. The molecule has 2 nitrogen and oxygen atoms in total. The molecule has 0 aliphatic carbocycles. The average molecular weight is 198 g/mol. The van der Waals surface area contributed by atoms with Crippen molar-refractivity contribution < 1.29 is 0 Å². The molecule has 76 valence electrons. The summed E-state index contributed by atoms with van der Waals surface area (Å²) in [5.41, 5.74) is 3.80. The van der Waals surface area contributed by atoms with Gasteiger partial charge in [-0.1, -0.05) is 12.1 Å². The van der Waals surface area contributed by atoms with E-state index in [1.165, 1.54) is 22.0 Å². The second-order valence-electron chi connectivity index (χ2n) is 3.94. The maximum atomic E-state index is 8.59. The van der Waals surface area contributed by atoms with Crippen LogP contribution in [-0.2, 0) is 13.5 Å². The fourth-order valence-electron chi connectivity index (χ4n) is 1.97. The van der Waals surface area contributed by atoms with Gasteiger partial charge in [-0.3, -0.25) is 0 Å². The molecule has 0 saturated heterocycles. The average Bonchev–Trinajstić information content (AvgIpc) is 2.53. The molecule has 0 N–H and O–H groups in total. The highest BCUT2D eigenvalue weighted by Crippen LogP contribution is 2.22. The Morgan fingerprint density at radius 1 is 1.40 bits per heavy atom. The molecule has 0 saturated carbocycles. The Hall–Kier alpha value is -1.75. The number of hydrogen-bond acceptors (Lipinski definition) is 1. The summed E-state index contributed by atoms with van der Waals surface area (Å²) >= 11 is 0. The predicted molar refractivity (Wildman–Crippen MR) is 61.6 cm³/mol. The molecule has 0 fully saturated rings. The van der Waals surface area contributed by atoms with E-state index in [9.17, 15) is 0 Å². The summed E-state index contributed by atoms with van der Waals surface area (Å²) in [6.45, 7) is 2.10. The van der Waals surface area contributed by atoms with Gasteiger partial charge in [0.25, 0.3) is 0 Å². The van der Waals surface area contributed by atoms with Crippen LogP contribution in [0.25, 0.3) is 10.9 Å². The largest absolute Gasteiger partial charge is 0.350 e. The number of aromatic nitrogens is 1. The molecule has 0 aliphatic heterocycles. The third-order valence-electron chi connectivity index (χ3n) is 2.73. The van der Waals surface area contributed by atoms with Crippen LogP contribution in [-0.4, -0.2) is 4.57 Å². The van der Waals surface area contributed by atoms with Crippen molar-refractivity contribution in [1.82, 2.24) is 4.57 Å². The third kappa shape index (κ3) is 1.73. The Labute approximate surface area is 89.7 Å². The summed E-state index contributed by atoms with van der Waals surface area (Å²) in [7, 11) is 2.05. The van der Waals surface area contributed by atoms with Crippen LogP contribution in [0.2, 0.25) is 0 Å². The third-order valence-corrected chi connectivity index (χ3v) is 2.73. The molecule has 0 aliphatic rings. The van der Waals surface area contributed by atoms with E-state index in [1.807, 2.05) is 0 Å². The van der Waals surface area contributed by atoms with Gasteiger partial charge in [0.15, 0.2) is 0 Å². The highest BCUT2D eigenvalue weighted by atomic mass is 14.9. The van der Waals surface area contributed by atoms with Crippen molar-refractivity contribution in [3.63, 3.8) is 0 Å². The van der Waals surface area contributed by atoms with Gasteiger partial charge < -0.3 is 4.57 Å². The SMILES string of the molecule is Cc1ccc2c(CCC#N)cn(C)c2c1. The fourth-order valence-corrected chi connectivity index (χ4v) is 1.97. The lowest BCUT2D eigenvalue weighted by Crippen LogP contribution is -1.83. The van der Waals surface area contributed by atoms with E-state index >= 15 is 0 Å². The van der Waals surface area contributed by atoms with E-state index in [4.69, 9.17) is 5.26 Å². The van der Waals surface area contributed by atoms with Crippen LogP contribution in [0, 0.1) is 18.3 Å². The summed E-state index contributed by atoms with van der Waals surface area (Å²) < 4.78 is 2.13. The summed E-state index contributed by atoms with van der Waals surface area (Å²) in [5, 5.41) is 9.87. The number of aryl methyl sites for hydroxylation is 3. The fraction of sp³-hybridized carbons (Fsp3) is 0.308. The molecule has 2 aromatic rings. The lowest BCUT2D eigenvalue weighted by Gasteiger charge is -1.97. The zero-order valence-electron chi connectivity index (χ0n) is 9.12. The summed E-state index contributed by atoms with van der Waals surface area (Å²) in [4.78, 5) is 0. The van der Waals surface area contributed by atoms with Crippen molar-refractivity contribution in [1.29, 1.82) is 5.26 Å². The van der Waals surface area contributed by atoms with Gasteiger partial charge in [0, 0.05) is 30.6 Å². The minimum Gasteiger partial charge on any atom is -0.350 e. The number of nitrogens with zero attached hydrogens (tertiary/aromatic N) is 2. The molecule has 15 heavy (non-hydrogen) atoms. The zero-order chi connectivity index (χ0) is 10.8. The van der Waals surface area contributed by atoms with Gasteiger partial charge in [-0.2, -0.15) is 5.26 Å². The Balaban J connectivity index is 2.54. The molecule has 0 atom stereocenters. The number of benzene rings is 1. The molecular formula is C13H14N2. The first-order valence-electron chi connectivity index (χ1n) is 5.14. The minimum absolute atomic E-state index is 0.590. The molecule has 0 spiro atoms. The van der Waals surface area contributed by atoms with Crippen LogP contribution in [0.1, 0.15) is 17.5 Å². The molecule has 1 aromatic carbocycles.